The molecule has 9 heteroatoms. The summed E-state index contributed by atoms with van der Waals surface area (Å²) in [4.78, 5) is 28.0. The molecular formula is C24H19F3N4O2. The molecule has 2 saturated carbocycles. The second-order valence-electron chi connectivity index (χ2n) is 8.89. The van der Waals surface area contributed by atoms with Crippen LogP contribution in [0.25, 0.3) is 11.3 Å². The molecule has 0 radical (unpaired) electrons. The number of rotatable bonds is 4. The molecule has 4 heterocycles. The normalized spacial score (nSPS) is 27.4. The van der Waals surface area contributed by atoms with E-state index in [1.807, 2.05) is 29.2 Å². The van der Waals surface area contributed by atoms with E-state index in [1.54, 1.807) is 18.5 Å². The molecule has 3 aliphatic rings. The van der Waals surface area contributed by atoms with Crippen molar-refractivity contribution < 1.29 is 22.7 Å². The lowest BCUT2D eigenvalue weighted by Crippen LogP contribution is -2.59. The first kappa shape index (κ1) is 20.1. The molecule has 1 spiro atoms. The van der Waals surface area contributed by atoms with Gasteiger partial charge >= 0.3 is 6.18 Å². The first-order valence-electron chi connectivity index (χ1n) is 10.7. The third-order valence-corrected chi connectivity index (χ3v) is 7.10. The van der Waals surface area contributed by atoms with Crippen LogP contribution in [-0.2, 0) is 6.18 Å². The number of amides is 1. The van der Waals surface area contributed by atoms with Gasteiger partial charge in [0.1, 0.15) is 11.8 Å². The zero-order chi connectivity index (χ0) is 22.8. The topological polar surface area (TPSA) is 68.2 Å². The van der Waals surface area contributed by atoms with Gasteiger partial charge in [-0.05, 0) is 49.1 Å². The quantitative estimate of drug-likeness (QED) is 0.593. The van der Waals surface area contributed by atoms with Crippen molar-refractivity contribution in [3.63, 3.8) is 0 Å². The molecular weight excluding hydrogens is 433 g/mol. The van der Waals surface area contributed by atoms with Crippen LogP contribution < -0.4 is 4.74 Å². The number of nitrogens with zero attached hydrogens (tertiary/aromatic N) is 4. The van der Waals surface area contributed by atoms with Crippen molar-refractivity contribution in [3.8, 4) is 17.1 Å². The van der Waals surface area contributed by atoms with E-state index in [0.717, 1.165) is 25.1 Å². The van der Waals surface area contributed by atoms with Gasteiger partial charge in [0, 0.05) is 42.2 Å². The maximum Gasteiger partial charge on any atom is 0.417 e. The van der Waals surface area contributed by atoms with Gasteiger partial charge in [0.15, 0.2) is 0 Å². The smallest absolute Gasteiger partial charge is 0.417 e. The van der Waals surface area contributed by atoms with Crippen LogP contribution in [0.15, 0.2) is 61.1 Å². The molecule has 168 valence electrons. The summed E-state index contributed by atoms with van der Waals surface area (Å²) in [5, 5.41) is 0. The molecule has 0 aromatic carbocycles. The van der Waals surface area contributed by atoms with Gasteiger partial charge in [-0.25, -0.2) is 4.98 Å². The summed E-state index contributed by atoms with van der Waals surface area (Å²) in [7, 11) is 0. The number of carbonyl (C=O) groups is 1. The van der Waals surface area contributed by atoms with Crippen molar-refractivity contribution >= 4 is 5.91 Å². The number of halogens is 3. The Kier molecular flexibility index (Phi) is 4.27. The monoisotopic (exact) mass is 452 g/mol. The Morgan fingerprint density at radius 2 is 1.88 bits per heavy atom. The number of hydrogen-bond donors (Lipinski definition) is 0. The Morgan fingerprint density at radius 3 is 2.61 bits per heavy atom. The van der Waals surface area contributed by atoms with Crippen LogP contribution in [0.4, 0.5) is 13.2 Å². The number of piperidine rings is 1. The van der Waals surface area contributed by atoms with E-state index in [4.69, 9.17) is 4.74 Å². The molecule has 0 bridgehead atoms. The minimum absolute atomic E-state index is 0.0478. The summed E-state index contributed by atoms with van der Waals surface area (Å²) in [5.41, 5.74) is 0.900. The lowest BCUT2D eigenvalue weighted by Gasteiger charge is -2.46. The number of likely N-dealkylation sites (tertiary alicyclic amines) is 1. The summed E-state index contributed by atoms with van der Waals surface area (Å²) in [6, 6.07) is 11.2. The SMILES string of the molecule is O=C(c1ncccc1-c1ccccn1)N1CC2CC23CC(Oc2ccc(C(F)(F)F)cn2)C13. The number of carbonyl (C=O) groups excluding carboxylic acids is 1. The molecule has 1 amide bonds. The number of pyridine rings is 3. The van der Waals surface area contributed by atoms with Crippen molar-refractivity contribution in [1.82, 2.24) is 19.9 Å². The average molecular weight is 452 g/mol. The Labute approximate surface area is 187 Å². The number of hydrogen-bond acceptors (Lipinski definition) is 5. The molecule has 33 heavy (non-hydrogen) atoms. The Bertz CT molecular complexity index is 1220. The highest BCUT2D eigenvalue weighted by atomic mass is 19.4. The van der Waals surface area contributed by atoms with Crippen LogP contribution in [0, 0.1) is 11.3 Å². The van der Waals surface area contributed by atoms with Crippen molar-refractivity contribution in [3.05, 3.63) is 72.3 Å². The van der Waals surface area contributed by atoms with Crippen LogP contribution in [0.1, 0.15) is 28.9 Å². The van der Waals surface area contributed by atoms with Crippen molar-refractivity contribution in [1.29, 1.82) is 0 Å². The first-order chi connectivity index (χ1) is 15.9. The van der Waals surface area contributed by atoms with Gasteiger partial charge in [-0.2, -0.15) is 13.2 Å². The fourth-order valence-electron chi connectivity index (χ4n) is 5.47. The van der Waals surface area contributed by atoms with E-state index in [0.29, 0.717) is 29.4 Å². The number of ether oxygens (including phenoxy) is 1. The Morgan fingerprint density at radius 1 is 1.03 bits per heavy atom. The largest absolute Gasteiger partial charge is 0.472 e. The zero-order valence-electron chi connectivity index (χ0n) is 17.4. The zero-order valence-corrected chi connectivity index (χ0v) is 17.4. The molecule has 1 aliphatic heterocycles. The summed E-state index contributed by atoms with van der Waals surface area (Å²) in [6.07, 6.45) is 1.08. The summed E-state index contributed by atoms with van der Waals surface area (Å²) in [6.45, 7) is 0.627. The van der Waals surface area contributed by atoms with E-state index >= 15 is 0 Å². The minimum Gasteiger partial charge on any atom is -0.472 e. The second kappa shape index (κ2) is 7.00. The molecule has 3 aromatic heterocycles. The molecule has 6 nitrogen and oxygen atoms in total. The molecule has 3 fully saturated rings. The van der Waals surface area contributed by atoms with E-state index in [-0.39, 0.29) is 29.3 Å². The molecule has 1 saturated heterocycles. The van der Waals surface area contributed by atoms with Gasteiger partial charge in [-0.3, -0.25) is 14.8 Å². The number of aromatic nitrogens is 3. The second-order valence-corrected chi connectivity index (χ2v) is 8.89. The van der Waals surface area contributed by atoms with Gasteiger partial charge in [0.2, 0.25) is 5.88 Å². The maximum absolute atomic E-state index is 13.6. The minimum atomic E-state index is -4.45. The molecule has 2 aliphatic carbocycles. The fraction of sp³-hybridized carbons (Fsp3) is 0.333. The fourth-order valence-corrected chi connectivity index (χ4v) is 5.47. The van der Waals surface area contributed by atoms with Crippen LogP contribution >= 0.6 is 0 Å². The van der Waals surface area contributed by atoms with Crippen molar-refractivity contribution in [2.75, 3.05) is 6.54 Å². The van der Waals surface area contributed by atoms with Crippen molar-refractivity contribution in [2.45, 2.75) is 31.2 Å². The van der Waals surface area contributed by atoms with Gasteiger partial charge in [-0.1, -0.05) is 6.07 Å². The van der Waals surface area contributed by atoms with Crippen LogP contribution in [0.5, 0.6) is 5.88 Å². The Balaban J connectivity index is 1.25. The van der Waals surface area contributed by atoms with Gasteiger partial charge in [0.05, 0.1) is 17.3 Å². The summed E-state index contributed by atoms with van der Waals surface area (Å²) in [5.74, 6) is 0.377. The van der Waals surface area contributed by atoms with Gasteiger partial charge in [0.25, 0.3) is 5.91 Å². The van der Waals surface area contributed by atoms with E-state index in [2.05, 4.69) is 15.0 Å². The van der Waals surface area contributed by atoms with Crippen LogP contribution in [0.3, 0.4) is 0 Å². The standard InChI is InChI=1S/C24H19F3N4O2/c25-24(26,27)14-6-7-19(30-12-14)33-18-11-23-10-15(23)13-31(21(18)23)22(32)20-16(4-3-9-29-20)17-5-1-2-8-28-17/h1-9,12,15,18,21H,10-11,13H2. The molecule has 4 unspecified atom stereocenters. The molecule has 6 rings (SSSR count). The van der Waals surface area contributed by atoms with Gasteiger partial charge < -0.3 is 9.64 Å². The third-order valence-electron chi connectivity index (χ3n) is 7.10. The maximum atomic E-state index is 13.6. The molecule has 3 aromatic rings. The first-order valence-corrected chi connectivity index (χ1v) is 10.7. The highest BCUT2D eigenvalue weighted by Crippen LogP contribution is 2.71. The van der Waals surface area contributed by atoms with E-state index in [9.17, 15) is 18.0 Å². The van der Waals surface area contributed by atoms with Gasteiger partial charge in [-0.15, -0.1) is 0 Å². The molecule has 0 N–H and O–H groups in total. The summed E-state index contributed by atoms with van der Waals surface area (Å²) < 4.78 is 44.4. The lowest BCUT2D eigenvalue weighted by atomic mass is 9.73. The molecule has 4 atom stereocenters. The van der Waals surface area contributed by atoms with E-state index < -0.39 is 11.7 Å². The average Bonchev–Trinajstić information content (AvgIpc) is 3.47. The predicted molar refractivity (Wildman–Crippen MR) is 111 cm³/mol. The highest BCUT2D eigenvalue weighted by Gasteiger charge is 2.76. The lowest BCUT2D eigenvalue weighted by molar-refractivity contribution is -0.137. The third kappa shape index (κ3) is 3.17. The van der Waals surface area contributed by atoms with Crippen LogP contribution in [-0.4, -0.2) is 44.4 Å². The van der Waals surface area contributed by atoms with Crippen molar-refractivity contribution in [2.24, 2.45) is 11.3 Å². The van der Waals surface area contributed by atoms with Crippen LogP contribution in [0.2, 0.25) is 0 Å². The van der Waals surface area contributed by atoms with E-state index in [1.165, 1.54) is 6.07 Å². The highest BCUT2D eigenvalue weighted by molar-refractivity contribution is 5.99. The predicted octanol–water partition coefficient (Wildman–Crippen LogP) is 4.24. The number of alkyl halides is 3. The summed E-state index contributed by atoms with van der Waals surface area (Å²) >= 11 is 0. The Hall–Kier alpha value is -3.49.